The van der Waals surface area contributed by atoms with E-state index in [4.69, 9.17) is 5.11 Å². The fraction of sp³-hybridized carbons (Fsp3) is 0.222. The number of aromatic amines is 1. The van der Waals surface area contributed by atoms with Gasteiger partial charge in [0.05, 0.1) is 23.3 Å². The number of nitrogens with zero attached hydrogens (tertiary/aromatic N) is 1. The lowest BCUT2D eigenvalue weighted by atomic mass is 10.2. The van der Waals surface area contributed by atoms with E-state index in [0.29, 0.717) is 0 Å². The van der Waals surface area contributed by atoms with Crippen LogP contribution in [0.1, 0.15) is 12.0 Å². The van der Waals surface area contributed by atoms with E-state index in [2.05, 4.69) is 16.8 Å². The molecule has 1 rings (SSSR count). The Bertz CT molecular complexity index is 481. The molecule has 0 bridgehead atoms. The van der Waals surface area contributed by atoms with E-state index in [1.807, 2.05) is 0 Å². The van der Waals surface area contributed by atoms with Crippen LogP contribution in [0.25, 0.3) is 0 Å². The van der Waals surface area contributed by atoms with Crippen LogP contribution in [-0.4, -0.2) is 21.6 Å². The van der Waals surface area contributed by atoms with Gasteiger partial charge < -0.3 is 10.1 Å². The van der Waals surface area contributed by atoms with Gasteiger partial charge in [0, 0.05) is 12.5 Å². The fourth-order valence-corrected chi connectivity index (χ4v) is 0.884. The molecule has 0 aliphatic heterocycles. The van der Waals surface area contributed by atoms with Gasteiger partial charge in [0.1, 0.15) is 0 Å². The molecule has 1 aromatic heterocycles. The normalized spacial score (nSPS) is 9.13. The van der Waals surface area contributed by atoms with Crippen molar-refractivity contribution in [1.29, 1.82) is 0 Å². The third kappa shape index (κ3) is 2.93. The highest BCUT2D eigenvalue weighted by Crippen LogP contribution is 2.06. The number of hydrogen-bond donors (Lipinski definition) is 2. The Morgan fingerprint density at radius 2 is 2.33 bits per heavy atom. The van der Waals surface area contributed by atoms with Gasteiger partial charge in [0.15, 0.2) is 0 Å². The van der Waals surface area contributed by atoms with E-state index >= 15 is 0 Å². The molecule has 6 heteroatoms. The van der Waals surface area contributed by atoms with Crippen LogP contribution in [0.5, 0.6) is 0 Å². The Labute approximate surface area is 84.7 Å². The van der Waals surface area contributed by atoms with Crippen LogP contribution in [-0.2, 0) is 0 Å². The zero-order valence-electron chi connectivity index (χ0n) is 7.69. The molecule has 0 unspecified atom stereocenters. The molecule has 0 fully saturated rings. The van der Waals surface area contributed by atoms with Crippen LogP contribution in [0.15, 0.2) is 17.1 Å². The number of rotatable bonds is 2. The Morgan fingerprint density at radius 3 is 2.93 bits per heavy atom. The molecular weight excluding hydrogens is 200 g/mol. The van der Waals surface area contributed by atoms with Crippen LogP contribution in [0.3, 0.4) is 0 Å². The Hall–Kier alpha value is -2.13. The van der Waals surface area contributed by atoms with Gasteiger partial charge in [-0.2, -0.15) is 0 Å². The average Bonchev–Trinajstić information content (AvgIpc) is 2.20. The summed E-state index contributed by atoms with van der Waals surface area (Å²) in [5, 5.41) is 18.8. The molecule has 1 aromatic rings. The predicted octanol–water partition coefficient (Wildman–Crippen LogP) is 0.0170. The third-order valence-electron chi connectivity index (χ3n) is 1.56. The van der Waals surface area contributed by atoms with Crippen molar-refractivity contribution in [3.8, 4) is 11.8 Å². The number of nitrogens with one attached hydrogen (secondary N) is 1. The average molecular weight is 208 g/mol. The van der Waals surface area contributed by atoms with Crippen LogP contribution >= 0.6 is 0 Å². The van der Waals surface area contributed by atoms with E-state index in [1.54, 1.807) is 0 Å². The van der Waals surface area contributed by atoms with Crippen molar-refractivity contribution >= 4 is 5.69 Å². The van der Waals surface area contributed by atoms with Gasteiger partial charge in [0.25, 0.3) is 11.2 Å². The maximum absolute atomic E-state index is 11.1. The smallest absolute Gasteiger partial charge is 0.286 e. The lowest BCUT2D eigenvalue weighted by Gasteiger charge is -1.91. The van der Waals surface area contributed by atoms with E-state index < -0.39 is 10.5 Å². The lowest BCUT2D eigenvalue weighted by Crippen LogP contribution is -2.09. The van der Waals surface area contributed by atoms with Crippen molar-refractivity contribution < 1.29 is 10.0 Å². The Balaban J connectivity index is 3.08. The van der Waals surface area contributed by atoms with E-state index in [0.717, 1.165) is 12.3 Å². The number of H-pyrrole nitrogens is 1. The van der Waals surface area contributed by atoms with Crippen molar-refractivity contribution in [2.24, 2.45) is 0 Å². The highest BCUT2D eigenvalue weighted by molar-refractivity contribution is 5.39. The first-order valence-electron chi connectivity index (χ1n) is 4.12. The molecule has 15 heavy (non-hydrogen) atoms. The van der Waals surface area contributed by atoms with Crippen LogP contribution in [0, 0.1) is 22.0 Å². The summed E-state index contributed by atoms with van der Waals surface area (Å²) in [6.45, 7) is -0.111. The first-order valence-corrected chi connectivity index (χ1v) is 4.12. The number of aliphatic hydroxyl groups excluding tert-OH is 1. The van der Waals surface area contributed by atoms with Crippen LogP contribution in [0.4, 0.5) is 5.69 Å². The quantitative estimate of drug-likeness (QED) is 0.406. The number of pyridine rings is 1. The number of aromatic nitrogens is 1. The second-order valence-corrected chi connectivity index (χ2v) is 2.63. The van der Waals surface area contributed by atoms with Crippen molar-refractivity contribution in [1.82, 2.24) is 4.98 Å². The van der Waals surface area contributed by atoms with Gasteiger partial charge in [0.2, 0.25) is 0 Å². The molecule has 0 aromatic carbocycles. The maximum atomic E-state index is 11.1. The summed E-state index contributed by atoms with van der Waals surface area (Å²) in [6.07, 6.45) is 1.24. The minimum atomic E-state index is -0.618. The third-order valence-corrected chi connectivity index (χ3v) is 1.56. The molecule has 0 radical (unpaired) electrons. The fourth-order valence-electron chi connectivity index (χ4n) is 0.884. The van der Waals surface area contributed by atoms with Gasteiger partial charge in [-0.05, 0) is 0 Å². The molecule has 0 spiro atoms. The maximum Gasteiger partial charge on any atom is 0.286 e. The molecule has 0 saturated carbocycles. The van der Waals surface area contributed by atoms with Crippen LogP contribution < -0.4 is 5.56 Å². The highest BCUT2D eigenvalue weighted by atomic mass is 16.6. The van der Waals surface area contributed by atoms with Crippen LogP contribution in [0.2, 0.25) is 0 Å². The summed E-state index contributed by atoms with van der Waals surface area (Å²) >= 11 is 0. The van der Waals surface area contributed by atoms with E-state index in [9.17, 15) is 14.9 Å². The van der Waals surface area contributed by atoms with Crippen molar-refractivity contribution in [2.75, 3.05) is 6.61 Å². The molecule has 0 amide bonds. The first kappa shape index (κ1) is 10.9. The first-order chi connectivity index (χ1) is 7.15. The minimum absolute atomic E-state index is 0.0256. The SMILES string of the molecule is O=c1[nH]cc([N+](=O)[O-])cc1C#CCCO. The van der Waals surface area contributed by atoms with Gasteiger partial charge in [-0.25, -0.2) is 0 Å². The topological polar surface area (TPSA) is 96.2 Å². The summed E-state index contributed by atoms with van der Waals surface area (Å²) in [6, 6.07) is 1.10. The molecule has 0 atom stereocenters. The zero-order chi connectivity index (χ0) is 11.3. The summed E-state index contributed by atoms with van der Waals surface area (Å²) in [5.41, 5.74) is -0.674. The molecule has 1 heterocycles. The summed E-state index contributed by atoms with van der Waals surface area (Å²) in [5.74, 6) is 4.97. The Kier molecular flexibility index (Phi) is 3.60. The van der Waals surface area contributed by atoms with E-state index in [-0.39, 0.29) is 24.3 Å². The lowest BCUT2D eigenvalue weighted by molar-refractivity contribution is -0.385. The molecule has 2 N–H and O–H groups in total. The Morgan fingerprint density at radius 1 is 1.60 bits per heavy atom. The van der Waals surface area contributed by atoms with Crippen molar-refractivity contribution in [3.63, 3.8) is 0 Å². The number of hydrogen-bond acceptors (Lipinski definition) is 4. The predicted molar refractivity (Wildman–Crippen MR) is 52.3 cm³/mol. The van der Waals surface area contributed by atoms with Crippen molar-refractivity contribution in [3.05, 3.63) is 38.3 Å². The van der Waals surface area contributed by atoms with Gasteiger partial charge in [-0.1, -0.05) is 11.8 Å². The molecule has 6 nitrogen and oxygen atoms in total. The standard InChI is InChI=1S/C9H8N2O4/c12-4-2-1-3-7-5-8(11(14)15)6-10-9(7)13/h5-6,12H,2,4H2,(H,10,13). The second kappa shape index (κ2) is 4.93. The summed E-state index contributed by atoms with van der Waals surface area (Å²) < 4.78 is 0. The number of aliphatic hydroxyl groups is 1. The van der Waals surface area contributed by atoms with E-state index in [1.165, 1.54) is 0 Å². The van der Waals surface area contributed by atoms with Gasteiger partial charge in [-0.15, -0.1) is 0 Å². The summed E-state index contributed by atoms with van der Waals surface area (Å²) in [4.78, 5) is 23.1. The van der Waals surface area contributed by atoms with Crippen molar-refractivity contribution in [2.45, 2.75) is 6.42 Å². The molecule has 0 saturated heterocycles. The molecular formula is C9H8N2O4. The molecule has 0 aliphatic rings. The molecule has 78 valence electrons. The zero-order valence-corrected chi connectivity index (χ0v) is 7.69. The molecule has 0 aliphatic carbocycles. The summed E-state index contributed by atoms with van der Waals surface area (Å²) in [7, 11) is 0. The monoisotopic (exact) mass is 208 g/mol. The minimum Gasteiger partial charge on any atom is -0.395 e. The largest absolute Gasteiger partial charge is 0.395 e. The van der Waals surface area contributed by atoms with Gasteiger partial charge in [-0.3, -0.25) is 14.9 Å². The van der Waals surface area contributed by atoms with Gasteiger partial charge >= 0.3 is 0 Å². The second-order valence-electron chi connectivity index (χ2n) is 2.63. The highest BCUT2D eigenvalue weighted by Gasteiger charge is 2.07. The number of nitro groups is 1.